The molecule has 0 aliphatic carbocycles. The van der Waals surface area contributed by atoms with Gasteiger partial charge < -0.3 is 20.3 Å². The summed E-state index contributed by atoms with van der Waals surface area (Å²) in [5.74, 6) is 0. The summed E-state index contributed by atoms with van der Waals surface area (Å²) in [5.41, 5.74) is 5.17. The van der Waals surface area contributed by atoms with E-state index in [2.05, 4.69) is 0 Å². The average Bonchev–Trinajstić information content (AvgIpc) is 1.99. The molecule has 0 rings (SSSR count). The molecule has 10 heavy (non-hydrogen) atoms. The normalized spacial score (nSPS) is 14.1. The molecule has 1 atom stereocenters. The summed E-state index contributed by atoms with van der Waals surface area (Å²) in [6.07, 6.45) is -0.466. The summed E-state index contributed by atoms with van der Waals surface area (Å²) in [4.78, 5) is 0. The Bertz CT molecular complexity index is 75.4. The van der Waals surface area contributed by atoms with Crippen molar-refractivity contribution in [2.45, 2.75) is 18.8 Å². The minimum atomic E-state index is -0.537. The van der Waals surface area contributed by atoms with Crippen LogP contribution < -0.4 is 5.73 Å². The Morgan fingerprint density at radius 1 is 1.40 bits per heavy atom. The monoisotopic (exact) mass is 149 g/mol. The first-order chi connectivity index (χ1) is 4.74. The Labute approximate surface area is 60.9 Å². The lowest BCUT2D eigenvalue weighted by Gasteiger charge is -2.15. The molecule has 4 nitrogen and oxygen atoms in total. The van der Waals surface area contributed by atoms with E-state index in [1.165, 1.54) is 14.2 Å². The van der Waals surface area contributed by atoms with Gasteiger partial charge in [-0.05, 0) is 0 Å². The van der Waals surface area contributed by atoms with E-state index in [9.17, 15) is 0 Å². The van der Waals surface area contributed by atoms with Crippen molar-refractivity contribution in [3.63, 3.8) is 0 Å². The molecule has 62 valence electrons. The van der Waals surface area contributed by atoms with Crippen molar-refractivity contribution in [3.8, 4) is 0 Å². The number of hydrogen-bond donors (Lipinski definition) is 2. The van der Waals surface area contributed by atoms with E-state index in [1.54, 1.807) is 0 Å². The molecule has 0 spiro atoms. The second-order valence-electron chi connectivity index (χ2n) is 2.03. The van der Waals surface area contributed by atoms with Gasteiger partial charge in [0.1, 0.15) is 0 Å². The van der Waals surface area contributed by atoms with E-state index in [0.717, 1.165) is 0 Å². The minimum absolute atomic E-state index is 0.239. The zero-order valence-electron chi connectivity index (χ0n) is 6.41. The Morgan fingerprint density at radius 2 is 1.90 bits per heavy atom. The van der Waals surface area contributed by atoms with Crippen LogP contribution in [0.15, 0.2) is 0 Å². The van der Waals surface area contributed by atoms with Gasteiger partial charge in [0.2, 0.25) is 0 Å². The highest BCUT2D eigenvalue weighted by molar-refractivity contribution is 4.57. The summed E-state index contributed by atoms with van der Waals surface area (Å²) in [6, 6.07) is 0. The molecule has 0 bridgehead atoms. The van der Waals surface area contributed by atoms with Crippen LogP contribution in [0.5, 0.6) is 0 Å². The molecule has 4 heteroatoms. The zero-order chi connectivity index (χ0) is 7.98. The fourth-order valence-electron chi connectivity index (χ4n) is 0.607. The van der Waals surface area contributed by atoms with Crippen LogP contribution in [0, 0.1) is 0 Å². The number of rotatable bonds is 5. The third-order valence-electron chi connectivity index (χ3n) is 1.26. The van der Waals surface area contributed by atoms with E-state index in [4.69, 9.17) is 20.3 Å². The van der Waals surface area contributed by atoms with Gasteiger partial charge in [-0.15, -0.1) is 0 Å². The largest absolute Gasteiger partial charge is 0.392 e. The molecular formula is C6H15NO3. The summed E-state index contributed by atoms with van der Waals surface area (Å²) in [7, 11) is 3.05. The fraction of sp³-hybridized carbons (Fsp3) is 1.00. The highest BCUT2D eigenvalue weighted by Gasteiger charge is 2.10. The van der Waals surface area contributed by atoms with Gasteiger partial charge in [0.25, 0.3) is 0 Å². The molecule has 0 saturated heterocycles. The quantitative estimate of drug-likeness (QED) is 0.508. The van der Waals surface area contributed by atoms with Crippen LogP contribution in [0.2, 0.25) is 0 Å². The average molecular weight is 149 g/mol. The van der Waals surface area contributed by atoms with Gasteiger partial charge in [-0.2, -0.15) is 0 Å². The molecule has 0 aliphatic rings. The van der Waals surface area contributed by atoms with Crippen molar-refractivity contribution >= 4 is 0 Å². The van der Waals surface area contributed by atoms with Gasteiger partial charge in [-0.25, -0.2) is 0 Å². The first-order valence-electron chi connectivity index (χ1n) is 3.18. The summed E-state index contributed by atoms with van der Waals surface area (Å²) in [6.45, 7) is 0.239. The lowest BCUT2D eigenvalue weighted by molar-refractivity contribution is -0.121. The van der Waals surface area contributed by atoms with E-state index in [-0.39, 0.29) is 12.8 Å². The summed E-state index contributed by atoms with van der Waals surface area (Å²) < 4.78 is 9.67. The zero-order valence-corrected chi connectivity index (χ0v) is 6.41. The number of ether oxygens (including phenoxy) is 2. The maximum atomic E-state index is 9.01. The van der Waals surface area contributed by atoms with Gasteiger partial charge in [0, 0.05) is 27.2 Å². The van der Waals surface area contributed by atoms with Crippen molar-refractivity contribution in [2.24, 2.45) is 5.73 Å². The molecule has 0 saturated carbocycles. The SMILES string of the molecule is COC(CC(O)CN)OC. The molecule has 3 N–H and O–H groups in total. The molecule has 0 amide bonds. The Hall–Kier alpha value is -0.160. The van der Waals surface area contributed by atoms with Crippen LogP contribution in [-0.4, -0.2) is 38.3 Å². The van der Waals surface area contributed by atoms with E-state index >= 15 is 0 Å². The number of methoxy groups -OCH3 is 2. The molecule has 1 unspecified atom stereocenters. The molecule has 0 heterocycles. The summed E-state index contributed by atoms with van der Waals surface area (Å²) in [5, 5.41) is 9.01. The fourth-order valence-corrected chi connectivity index (χ4v) is 0.607. The van der Waals surface area contributed by atoms with Crippen molar-refractivity contribution < 1.29 is 14.6 Å². The van der Waals surface area contributed by atoms with Gasteiger partial charge in [-0.1, -0.05) is 0 Å². The first kappa shape index (κ1) is 9.84. The van der Waals surface area contributed by atoms with E-state index in [0.29, 0.717) is 6.42 Å². The molecule has 0 aliphatic heterocycles. The third kappa shape index (κ3) is 3.79. The summed E-state index contributed by atoms with van der Waals surface area (Å²) >= 11 is 0. The lowest BCUT2D eigenvalue weighted by atomic mass is 10.2. The van der Waals surface area contributed by atoms with Crippen molar-refractivity contribution in [2.75, 3.05) is 20.8 Å². The standard InChI is InChI=1S/C6H15NO3/c1-9-6(10-2)3-5(8)4-7/h5-6,8H,3-4,7H2,1-2H3. The highest BCUT2D eigenvalue weighted by atomic mass is 16.7. The van der Waals surface area contributed by atoms with Gasteiger partial charge in [-0.3, -0.25) is 0 Å². The van der Waals surface area contributed by atoms with Crippen LogP contribution in [-0.2, 0) is 9.47 Å². The van der Waals surface area contributed by atoms with E-state index < -0.39 is 6.10 Å². The number of hydrogen-bond acceptors (Lipinski definition) is 4. The first-order valence-corrected chi connectivity index (χ1v) is 3.18. The number of nitrogens with two attached hydrogens (primary N) is 1. The number of aliphatic hydroxyl groups excluding tert-OH is 1. The Kier molecular flexibility index (Phi) is 5.52. The van der Waals surface area contributed by atoms with E-state index in [1.807, 2.05) is 0 Å². The smallest absolute Gasteiger partial charge is 0.159 e. The highest BCUT2D eigenvalue weighted by Crippen LogP contribution is 2.00. The molecule has 0 radical (unpaired) electrons. The van der Waals surface area contributed by atoms with Crippen molar-refractivity contribution in [1.29, 1.82) is 0 Å². The molecule has 0 aromatic heterocycles. The maximum absolute atomic E-state index is 9.01. The third-order valence-corrected chi connectivity index (χ3v) is 1.26. The Morgan fingerprint density at radius 3 is 2.20 bits per heavy atom. The van der Waals surface area contributed by atoms with Crippen LogP contribution >= 0.6 is 0 Å². The minimum Gasteiger partial charge on any atom is -0.392 e. The number of aliphatic hydroxyl groups is 1. The lowest BCUT2D eigenvalue weighted by Crippen LogP contribution is -2.27. The second kappa shape index (κ2) is 5.61. The van der Waals surface area contributed by atoms with Crippen LogP contribution in [0.25, 0.3) is 0 Å². The molecular weight excluding hydrogens is 134 g/mol. The van der Waals surface area contributed by atoms with Crippen LogP contribution in [0.3, 0.4) is 0 Å². The van der Waals surface area contributed by atoms with Gasteiger partial charge in [0.05, 0.1) is 6.10 Å². The molecule has 0 aromatic carbocycles. The van der Waals surface area contributed by atoms with Crippen molar-refractivity contribution in [3.05, 3.63) is 0 Å². The predicted octanol–water partition coefficient (Wildman–Crippen LogP) is -0.685. The maximum Gasteiger partial charge on any atom is 0.159 e. The van der Waals surface area contributed by atoms with Crippen LogP contribution in [0.1, 0.15) is 6.42 Å². The molecule has 0 aromatic rings. The van der Waals surface area contributed by atoms with Gasteiger partial charge in [0.15, 0.2) is 6.29 Å². The Balaban J connectivity index is 3.41. The topological polar surface area (TPSA) is 64.7 Å². The van der Waals surface area contributed by atoms with Crippen molar-refractivity contribution in [1.82, 2.24) is 0 Å². The second-order valence-corrected chi connectivity index (χ2v) is 2.03. The predicted molar refractivity (Wildman–Crippen MR) is 37.5 cm³/mol. The van der Waals surface area contributed by atoms with Crippen LogP contribution in [0.4, 0.5) is 0 Å². The van der Waals surface area contributed by atoms with Gasteiger partial charge >= 0.3 is 0 Å². The molecule has 0 fully saturated rings.